The Morgan fingerprint density at radius 1 is 1.28 bits per heavy atom. The molecule has 150 valence electrons. The predicted molar refractivity (Wildman–Crippen MR) is 108 cm³/mol. The highest BCUT2D eigenvalue weighted by Crippen LogP contribution is 2.27. The van der Waals surface area contributed by atoms with Gasteiger partial charge in [0.05, 0.1) is 16.4 Å². The van der Waals surface area contributed by atoms with E-state index in [1.807, 2.05) is 42.7 Å². The molecule has 0 radical (unpaired) electrons. The van der Waals surface area contributed by atoms with Crippen LogP contribution in [0.1, 0.15) is 12.5 Å². The van der Waals surface area contributed by atoms with Gasteiger partial charge in [-0.3, -0.25) is 14.9 Å². The van der Waals surface area contributed by atoms with E-state index in [4.69, 9.17) is 0 Å². The van der Waals surface area contributed by atoms with Crippen molar-refractivity contribution < 1.29 is 14.1 Å². The van der Waals surface area contributed by atoms with Crippen LogP contribution in [0.2, 0.25) is 0 Å². The highest BCUT2D eigenvalue weighted by molar-refractivity contribution is 7.99. The number of hydrogen-bond acceptors (Lipinski definition) is 6. The average Bonchev–Trinajstić information content (AvgIpc) is 3.11. The topological polar surface area (TPSA) is 103 Å². The van der Waals surface area contributed by atoms with E-state index in [1.165, 1.54) is 0 Å². The van der Waals surface area contributed by atoms with E-state index in [0.29, 0.717) is 17.5 Å². The van der Waals surface area contributed by atoms with Crippen LogP contribution in [-0.4, -0.2) is 31.3 Å². The Labute approximate surface area is 170 Å². The fraction of sp³-hybridized carbons (Fsp3) is 0.211. The van der Waals surface area contributed by atoms with E-state index in [9.17, 15) is 19.3 Å². The number of rotatable bonds is 7. The van der Waals surface area contributed by atoms with Gasteiger partial charge in [0.1, 0.15) is 5.82 Å². The second-order valence-electron chi connectivity index (χ2n) is 6.12. The van der Waals surface area contributed by atoms with E-state index in [1.54, 1.807) is 0 Å². The number of anilines is 1. The molecule has 0 unspecified atom stereocenters. The van der Waals surface area contributed by atoms with Crippen molar-refractivity contribution in [3.8, 4) is 11.4 Å². The first-order valence-electron chi connectivity index (χ1n) is 8.76. The maximum Gasteiger partial charge on any atom is 0.271 e. The molecule has 1 heterocycles. The molecular formula is C19H18FN5O3S. The molecule has 0 spiro atoms. The van der Waals surface area contributed by atoms with Gasteiger partial charge in [-0.05, 0) is 25.5 Å². The lowest BCUT2D eigenvalue weighted by molar-refractivity contribution is -0.384. The summed E-state index contributed by atoms with van der Waals surface area (Å²) >= 11 is 1.16. The number of non-ortho nitro benzene ring substituents is 1. The minimum atomic E-state index is -0.743. The van der Waals surface area contributed by atoms with Crippen LogP contribution < -0.4 is 5.32 Å². The van der Waals surface area contributed by atoms with Crippen LogP contribution in [0, 0.1) is 22.9 Å². The maximum absolute atomic E-state index is 13.8. The van der Waals surface area contributed by atoms with Crippen molar-refractivity contribution in [1.29, 1.82) is 0 Å². The zero-order chi connectivity index (χ0) is 21.0. The molecule has 3 aromatic rings. The van der Waals surface area contributed by atoms with Gasteiger partial charge in [-0.15, -0.1) is 10.2 Å². The fourth-order valence-corrected chi connectivity index (χ4v) is 3.54. The van der Waals surface area contributed by atoms with Gasteiger partial charge < -0.3 is 9.88 Å². The smallest absolute Gasteiger partial charge is 0.271 e. The molecule has 1 N–H and O–H groups in total. The first kappa shape index (κ1) is 20.5. The lowest BCUT2D eigenvalue weighted by Gasteiger charge is -2.09. The fourth-order valence-electron chi connectivity index (χ4n) is 2.74. The molecule has 0 bridgehead atoms. The second-order valence-corrected chi connectivity index (χ2v) is 7.07. The summed E-state index contributed by atoms with van der Waals surface area (Å²) in [6, 6.07) is 10.8. The molecule has 0 atom stereocenters. The quantitative estimate of drug-likeness (QED) is 0.355. The van der Waals surface area contributed by atoms with Gasteiger partial charge in [-0.2, -0.15) is 0 Å². The predicted octanol–water partition coefficient (Wildman–Crippen LogP) is 4.05. The van der Waals surface area contributed by atoms with Gasteiger partial charge in [0, 0.05) is 24.2 Å². The largest absolute Gasteiger partial charge is 0.323 e. The molecule has 29 heavy (non-hydrogen) atoms. The van der Waals surface area contributed by atoms with Crippen LogP contribution in [0.5, 0.6) is 0 Å². The van der Waals surface area contributed by atoms with Crippen molar-refractivity contribution >= 4 is 29.0 Å². The Balaban J connectivity index is 1.72. The summed E-state index contributed by atoms with van der Waals surface area (Å²) in [5.74, 6) is -0.586. The zero-order valence-corrected chi connectivity index (χ0v) is 16.6. The van der Waals surface area contributed by atoms with E-state index in [0.717, 1.165) is 41.1 Å². The number of nitrogens with one attached hydrogen (secondary N) is 1. The zero-order valence-electron chi connectivity index (χ0n) is 15.8. The first-order valence-corrected chi connectivity index (χ1v) is 9.75. The third-order valence-corrected chi connectivity index (χ3v) is 5.15. The summed E-state index contributed by atoms with van der Waals surface area (Å²) in [5.41, 5.74) is 1.48. The van der Waals surface area contributed by atoms with E-state index < -0.39 is 16.6 Å². The SMILES string of the molecule is CCn1c(SCC(=O)Nc2cc([N+](=O)[O-])ccc2F)nnc1-c1ccccc1C. The molecule has 0 aliphatic carbocycles. The number of aromatic nitrogens is 3. The number of nitrogens with zero attached hydrogens (tertiary/aromatic N) is 4. The van der Waals surface area contributed by atoms with E-state index >= 15 is 0 Å². The van der Waals surface area contributed by atoms with Crippen LogP contribution in [0.3, 0.4) is 0 Å². The van der Waals surface area contributed by atoms with Crippen molar-refractivity contribution in [1.82, 2.24) is 14.8 Å². The molecule has 3 rings (SSSR count). The highest BCUT2D eigenvalue weighted by Gasteiger charge is 2.17. The summed E-state index contributed by atoms with van der Waals surface area (Å²) in [7, 11) is 0. The highest BCUT2D eigenvalue weighted by atomic mass is 32.2. The summed E-state index contributed by atoms with van der Waals surface area (Å²) in [5, 5.41) is 22.2. The molecule has 0 saturated carbocycles. The lowest BCUT2D eigenvalue weighted by Crippen LogP contribution is -2.15. The normalized spacial score (nSPS) is 10.7. The molecule has 0 aliphatic rings. The number of nitro benzene ring substituents is 1. The van der Waals surface area contributed by atoms with Crippen LogP contribution >= 0.6 is 11.8 Å². The van der Waals surface area contributed by atoms with E-state index in [-0.39, 0.29) is 17.1 Å². The number of carbonyl (C=O) groups excluding carboxylic acids is 1. The number of nitro groups is 1. The van der Waals surface area contributed by atoms with Gasteiger partial charge in [0.15, 0.2) is 11.0 Å². The first-order chi connectivity index (χ1) is 13.9. The number of benzene rings is 2. The molecule has 8 nitrogen and oxygen atoms in total. The number of hydrogen-bond donors (Lipinski definition) is 1. The van der Waals surface area contributed by atoms with Gasteiger partial charge in [-0.25, -0.2) is 4.39 Å². The van der Waals surface area contributed by atoms with E-state index in [2.05, 4.69) is 15.5 Å². The molecule has 10 heteroatoms. The van der Waals surface area contributed by atoms with Gasteiger partial charge in [0.25, 0.3) is 5.69 Å². The van der Waals surface area contributed by atoms with Gasteiger partial charge in [0.2, 0.25) is 5.91 Å². The number of carbonyl (C=O) groups is 1. The van der Waals surface area contributed by atoms with Crippen LogP contribution in [-0.2, 0) is 11.3 Å². The van der Waals surface area contributed by atoms with Gasteiger partial charge >= 0.3 is 0 Å². The van der Waals surface area contributed by atoms with Crippen LogP contribution in [0.4, 0.5) is 15.8 Å². The third kappa shape index (κ3) is 4.60. The van der Waals surface area contributed by atoms with Crippen molar-refractivity contribution in [3.63, 3.8) is 0 Å². The van der Waals surface area contributed by atoms with Crippen molar-refractivity contribution in [2.24, 2.45) is 0 Å². The molecule has 1 amide bonds. The minimum Gasteiger partial charge on any atom is -0.323 e. The summed E-state index contributed by atoms with van der Waals surface area (Å²) in [6.45, 7) is 4.55. The number of halogens is 1. The number of aryl methyl sites for hydroxylation is 1. The standard InChI is InChI=1S/C19H18FN5O3S/c1-3-24-18(14-7-5-4-6-12(14)2)22-23-19(24)29-11-17(26)21-16-10-13(25(27)28)8-9-15(16)20/h4-10H,3,11H2,1-2H3,(H,21,26). The molecule has 2 aromatic carbocycles. The van der Waals surface area contributed by atoms with Crippen molar-refractivity contribution in [2.75, 3.05) is 11.1 Å². The third-order valence-electron chi connectivity index (χ3n) is 4.19. The monoisotopic (exact) mass is 415 g/mol. The summed E-state index contributed by atoms with van der Waals surface area (Å²) in [6.07, 6.45) is 0. The second kappa shape index (κ2) is 8.82. The number of thioether (sulfide) groups is 1. The Bertz CT molecular complexity index is 1070. The molecule has 0 saturated heterocycles. The Morgan fingerprint density at radius 3 is 2.72 bits per heavy atom. The molecule has 1 aromatic heterocycles. The Kier molecular flexibility index (Phi) is 6.23. The summed E-state index contributed by atoms with van der Waals surface area (Å²) in [4.78, 5) is 22.4. The Morgan fingerprint density at radius 2 is 2.03 bits per heavy atom. The number of amides is 1. The van der Waals surface area contributed by atoms with Crippen molar-refractivity contribution in [3.05, 3.63) is 64.0 Å². The minimum absolute atomic E-state index is 0.0476. The summed E-state index contributed by atoms with van der Waals surface area (Å²) < 4.78 is 15.7. The maximum atomic E-state index is 13.8. The Hall–Kier alpha value is -3.27. The average molecular weight is 415 g/mol. The molecule has 0 aliphatic heterocycles. The van der Waals surface area contributed by atoms with Crippen molar-refractivity contribution in [2.45, 2.75) is 25.5 Å². The van der Waals surface area contributed by atoms with Gasteiger partial charge in [-0.1, -0.05) is 36.0 Å². The molecular weight excluding hydrogens is 397 g/mol. The van der Waals surface area contributed by atoms with Crippen LogP contribution in [0.25, 0.3) is 11.4 Å². The lowest BCUT2D eigenvalue weighted by atomic mass is 10.1. The van der Waals surface area contributed by atoms with Crippen LogP contribution in [0.15, 0.2) is 47.6 Å². The molecule has 0 fully saturated rings.